The van der Waals surface area contributed by atoms with Crippen molar-refractivity contribution in [1.29, 1.82) is 0 Å². The van der Waals surface area contributed by atoms with Crippen LogP contribution in [0.1, 0.15) is 5.56 Å². The van der Waals surface area contributed by atoms with Crippen molar-refractivity contribution >= 4 is 17.1 Å². The topological polar surface area (TPSA) is 43.1 Å². The lowest BCUT2D eigenvalue weighted by molar-refractivity contribution is -0.402. The third-order valence-corrected chi connectivity index (χ3v) is 3.30. The van der Waals surface area contributed by atoms with E-state index in [0.29, 0.717) is 0 Å². The average Bonchev–Trinajstić information content (AvgIpc) is 2.40. The van der Waals surface area contributed by atoms with Gasteiger partial charge in [0.25, 0.3) is 0 Å². The first kappa shape index (κ1) is 13.4. The number of thiocarbonyl (C=S) groups is 1. The van der Waals surface area contributed by atoms with E-state index in [-0.39, 0.29) is 5.92 Å². The van der Waals surface area contributed by atoms with Crippen molar-refractivity contribution in [2.24, 2.45) is 5.92 Å². The van der Waals surface area contributed by atoms with E-state index in [2.05, 4.69) is 12.1 Å². The van der Waals surface area contributed by atoms with Crippen LogP contribution in [0.3, 0.4) is 0 Å². The number of nitro groups is 1. The van der Waals surface area contributed by atoms with Crippen molar-refractivity contribution in [2.75, 3.05) is 0 Å². The zero-order chi connectivity index (χ0) is 13.7. The Kier molecular flexibility index (Phi) is 4.36. The molecule has 96 valence electrons. The number of nitrogens with zero attached hydrogens (tertiary/aromatic N) is 1. The quantitative estimate of drug-likeness (QED) is 0.478. The highest BCUT2D eigenvalue weighted by atomic mass is 32.1. The van der Waals surface area contributed by atoms with Gasteiger partial charge in [-0.2, -0.15) is 0 Å². The van der Waals surface area contributed by atoms with Crippen LogP contribution >= 0.6 is 12.2 Å². The Morgan fingerprint density at radius 1 is 1.32 bits per heavy atom. The van der Waals surface area contributed by atoms with Crippen LogP contribution in [0.15, 0.2) is 66.4 Å². The molecule has 0 bridgehead atoms. The number of hydrogen-bond donors (Lipinski definition) is 0. The van der Waals surface area contributed by atoms with Crippen molar-refractivity contribution in [1.82, 2.24) is 0 Å². The Morgan fingerprint density at radius 2 is 2.05 bits per heavy atom. The summed E-state index contributed by atoms with van der Waals surface area (Å²) in [4.78, 5) is 10.6. The summed E-state index contributed by atoms with van der Waals surface area (Å²) in [6.07, 6.45) is 8.96. The molecular formula is C15H13NO2S. The summed E-state index contributed by atoms with van der Waals surface area (Å²) in [5.41, 5.74) is 2.00. The van der Waals surface area contributed by atoms with Gasteiger partial charge in [0, 0.05) is 16.9 Å². The van der Waals surface area contributed by atoms with Gasteiger partial charge in [0.2, 0.25) is 6.20 Å². The van der Waals surface area contributed by atoms with Crippen molar-refractivity contribution in [2.45, 2.75) is 6.42 Å². The van der Waals surface area contributed by atoms with Gasteiger partial charge in [-0.15, -0.1) is 0 Å². The lowest BCUT2D eigenvalue weighted by atomic mass is 9.90. The van der Waals surface area contributed by atoms with Crippen LogP contribution in [0.2, 0.25) is 0 Å². The van der Waals surface area contributed by atoms with E-state index >= 15 is 0 Å². The zero-order valence-electron chi connectivity index (χ0n) is 10.2. The van der Waals surface area contributed by atoms with Gasteiger partial charge < -0.3 is 0 Å². The summed E-state index contributed by atoms with van der Waals surface area (Å²) in [7, 11) is 0. The summed E-state index contributed by atoms with van der Waals surface area (Å²) >= 11 is 5.35. The lowest BCUT2D eigenvalue weighted by Gasteiger charge is -2.16. The third kappa shape index (κ3) is 3.96. The van der Waals surface area contributed by atoms with E-state index in [1.807, 2.05) is 36.4 Å². The van der Waals surface area contributed by atoms with E-state index in [9.17, 15) is 10.1 Å². The average molecular weight is 271 g/mol. The summed E-state index contributed by atoms with van der Waals surface area (Å²) in [5.74, 6) is 0.185. The van der Waals surface area contributed by atoms with Gasteiger partial charge in [-0.25, -0.2) is 0 Å². The van der Waals surface area contributed by atoms with E-state index in [4.69, 9.17) is 12.2 Å². The molecule has 0 heterocycles. The standard InChI is InChI=1S/C15H13NO2S/c17-16(18)9-8-13-6-7-14(15(19)11-13)10-12-4-2-1-3-5-12/h1-9,11,14H,10H2/b9-8+. The molecule has 0 N–H and O–H groups in total. The fraction of sp³-hybridized carbons (Fsp3) is 0.133. The summed E-state index contributed by atoms with van der Waals surface area (Å²) in [6, 6.07) is 10.1. The first-order valence-corrected chi connectivity index (χ1v) is 6.35. The highest BCUT2D eigenvalue weighted by Gasteiger charge is 2.14. The highest BCUT2D eigenvalue weighted by molar-refractivity contribution is 7.80. The SMILES string of the molecule is O=[N+]([O-])/C=C/C1=CC(=S)C(Cc2ccccc2)C=C1. The molecule has 0 aliphatic heterocycles. The highest BCUT2D eigenvalue weighted by Crippen LogP contribution is 2.19. The molecule has 1 atom stereocenters. The van der Waals surface area contributed by atoms with Gasteiger partial charge >= 0.3 is 0 Å². The molecule has 1 aliphatic carbocycles. The van der Waals surface area contributed by atoms with E-state index in [1.165, 1.54) is 11.6 Å². The minimum atomic E-state index is -0.478. The maximum absolute atomic E-state index is 10.3. The molecule has 1 unspecified atom stereocenters. The largest absolute Gasteiger partial charge is 0.259 e. The zero-order valence-corrected chi connectivity index (χ0v) is 11.0. The van der Waals surface area contributed by atoms with Crippen molar-refractivity contribution in [3.8, 4) is 0 Å². The molecular weight excluding hydrogens is 258 g/mol. The van der Waals surface area contributed by atoms with Crippen molar-refractivity contribution in [3.63, 3.8) is 0 Å². The monoisotopic (exact) mass is 271 g/mol. The number of rotatable bonds is 4. The molecule has 3 nitrogen and oxygen atoms in total. The molecule has 19 heavy (non-hydrogen) atoms. The molecule has 0 radical (unpaired) electrons. The van der Waals surface area contributed by atoms with Gasteiger partial charge in [0.15, 0.2) is 0 Å². The first-order valence-electron chi connectivity index (χ1n) is 5.94. The minimum absolute atomic E-state index is 0.185. The Bertz CT molecular complexity index is 573. The molecule has 0 fully saturated rings. The van der Waals surface area contributed by atoms with Crippen LogP contribution in [-0.2, 0) is 6.42 Å². The van der Waals surface area contributed by atoms with Gasteiger partial charge in [-0.05, 0) is 23.6 Å². The van der Waals surface area contributed by atoms with E-state index < -0.39 is 4.92 Å². The third-order valence-electron chi connectivity index (χ3n) is 2.88. The van der Waals surface area contributed by atoms with E-state index in [1.54, 1.807) is 0 Å². The van der Waals surface area contributed by atoms with Crippen LogP contribution in [0.5, 0.6) is 0 Å². The van der Waals surface area contributed by atoms with Crippen molar-refractivity contribution < 1.29 is 4.92 Å². The fourth-order valence-electron chi connectivity index (χ4n) is 1.93. The molecule has 0 spiro atoms. The molecule has 0 aromatic heterocycles. The fourth-order valence-corrected chi connectivity index (χ4v) is 2.23. The second kappa shape index (κ2) is 6.20. The number of hydrogen-bond acceptors (Lipinski definition) is 3. The number of allylic oxidation sites excluding steroid dienone is 5. The molecule has 1 aliphatic rings. The van der Waals surface area contributed by atoms with Gasteiger partial charge in [-0.1, -0.05) is 54.7 Å². The Labute approximate surface area is 117 Å². The Hall–Kier alpha value is -2.07. The van der Waals surface area contributed by atoms with Crippen LogP contribution in [0.25, 0.3) is 0 Å². The minimum Gasteiger partial charge on any atom is -0.259 e. The smallest absolute Gasteiger partial charge is 0.235 e. The van der Waals surface area contributed by atoms with E-state index in [0.717, 1.165) is 23.1 Å². The molecule has 1 aromatic rings. The van der Waals surface area contributed by atoms with Crippen LogP contribution < -0.4 is 0 Å². The molecule has 2 rings (SSSR count). The van der Waals surface area contributed by atoms with Crippen LogP contribution in [0, 0.1) is 16.0 Å². The normalized spacial score (nSPS) is 18.6. The van der Waals surface area contributed by atoms with Gasteiger partial charge in [0.05, 0.1) is 4.92 Å². The predicted molar refractivity (Wildman–Crippen MR) is 79.6 cm³/mol. The Balaban J connectivity index is 2.04. The molecule has 1 aromatic carbocycles. The van der Waals surface area contributed by atoms with Crippen molar-refractivity contribution in [3.05, 3.63) is 82.1 Å². The summed E-state index contributed by atoms with van der Waals surface area (Å²) in [5, 5.41) is 10.3. The maximum atomic E-state index is 10.3. The first-order chi connectivity index (χ1) is 9.15. The number of benzene rings is 1. The lowest BCUT2D eigenvalue weighted by Crippen LogP contribution is -2.14. The summed E-state index contributed by atoms with van der Waals surface area (Å²) < 4.78 is 0. The van der Waals surface area contributed by atoms with Gasteiger partial charge in [0.1, 0.15) is 0 Å². The summed E-state index contributed by atoms with van der Waals surface area (Å²) in [6.45, 7) is 0. The molecule has 0 saturated carbocycles. The molecule has 0 saturated heterocycles. The molecule has 4 heteroatoms. The van der Waals surface area contributed by atoms with Crippen LogP contribution in [-0.4, -0.2) is 9.79 Å². The predicted octanol–water partition coefficient (Wildman–Crippen LogP) is 3.50. The second-order valence-corrected chi connectivity index (χ2v) is 4.77. The second-order valence-electron chi connectivity index (χ2n) is 4.30. The molecule has 0 amide bonds. The van der Waals surface area contributed by atoms with Crippen LogP contribution in [0.4, 0.5) is 0 Å². The van der Waals surface area contributed by atoms with Gasteiger partial charge in [-0.3, -0.25) is 10.1 Å². The Morgan fingerprint density at radius 3 is 2.68 bits per heavy atom. The maximum Gasteiger partial charge on any atom is 0.235 e.